The summed E-state index contributed by atoms with van der Waals surface area (Å²) in [6.07, 6.45) is 2.06. The van der Waals surface area contributed by atoms with Crippen LogP contribution in [0.15, 0.2) is 0 Å². The van der Waals surface area contributed by atoms with Crippen LogP contribution < -0.4 is 16.8 Å². The molecule has 18 heavy (non-hydrogen) atoms. The summed E-state index contributed by atoms with van der Waals surface area (Å²) in [6, 6.07) is -0.966. The Morgan fingerprint density at radius 2 is 2.00 bits per heavy atom. The number of amides is 2. The highest BCUT2D eigenvalue weighted by Crippen LogP contribution is 2.31. The standard InChI is InChI=1S/C11H19N3O4/c12-8(4-9(13)15)10(16)14-5-6-2-1-3-7(6)11(17)18/h6-8H,1-5,12H2,(H2,13,15)(H,14,16)(H,17,18). The van der Waals surface area contributed by atoms with Crippen LogP contribution in [0.3, 0.4) is 0 Å². The van der Waals surface area contributed by atoms with E-state index >= 15 is 0 Å². The Kier molecular flexibility index (Phi) is 5.08. The molecule has 0 spiro atoms. The molecule has 0 aliphatic heterocycles. The third-order valence-corrected chi connectivity index (χ3v) is 3.27. The summed E-state index contributed by atoms with van der Waals surface area (Å²) in [5.74, 6) is -2.40. The first-order valence-electron chi connectivity index (χ1n) is 5.96. The van der Waals surface area contributed by atoms with E-state index in [9.17, 15) is 14.4 Å². The molecule has 0 saturated heterocycles. The number of carbonyl (C=O) groups is 3. The zero-order valence-electron chi connectivity index (χ0n) is 10.1. The number of hydrogen-bond acceptors (Lipinski definition) is 4. The van der Waals surface area contributed by atoms with Gasteiger partial charge in [0.05, 0.1) is 18.4 Å². The molecule has 6 N–H and O–H groups in total. The number of primary amides is 1. The maximum atomic E-state index is 11.5. The van der Waals surface area contributed by atoms with Gasteiger partial charge in [-0.2, -0.15) is 0 Å². The molecule has 3 atom stereocenters. The average molecular weight is 257 g/mol. The lowest BCUT2D eigenvalue weighted by Crippen LogP contribution is -2.45. The van der Waals surface area contributed by atoms with Crippen molar-refractivity contribution in [3.63, 3.8) is 0 Å². The second-order valence-corrected chi connectivity index (χ2v) is 4.66. The maximum absolute atomic E-state index is 11.5. The topological polar surface area (TPSA) is 136 Å². The summed E-state index contributed by atoms with van der Waals surface area (Å²) in [7, 11) is 0. The molecule has 1 aliphatic rings. The molecule has 0 aromatic rings. The van der Waals surface area contributed by atoms with Gasteiger partial charge in [0, 0.05) is 6.54 Å². The summed E-state index contributed by atoms with van der Waals surface area (Å²) in [5, 5.41) is 11.6. The molecule has 1 saturated carbocycles. The summed E-state index contributed by atoms with van der Waals surface area (Å²) >= 11 is 0. The number of nitrogens with two attached hydrogens (primary N) is 2. The quantitative estimate of drug-likeness (QED) is 0.474. The molecule has 0 aromatic carbocycles. The zero-order valence-corrected chi connectivity index (χ0v) is 10.1. The van der Waals surface area contributed by atoms with Crippen LogP contribution in [0.25, 0.3) is 0 Å². The summed E-state index contributed by atoms with van der Waals surface area (Å²) in [6.45, 7) is 0.280. The predicted octanol–water partition coefficient (Wildman–Crippen LogP) is -1.19. The Hall–Kier alpha value is -1.63. The molecule has 7 nitrogen and oxygen atoms in total. The normalized spacial score (nSPS) is 24.5. The van der Waals surface area contributed by atoms with Crippen molar-refractivity contribution in [2.75, 3.05) is 6.54 Å². The molecular weight excluding hydrogens is 238 g/mol. The maximum Gasteiger partial charge on any atom is 0.306 e. The van der Waals surface area contributed by atoms with E-state index in [4.69, 9.17) is 16.6 Å². The molecule has 3 unspecified atom stereocenters. The Morgan fingerprint density at radius 1 is 1.33 bits per heavy atom. The van der Waals surface area contributed by atoms with Crippen molar-refractivity contribution in [3.8, 4) is 0 Å². The number of rotatable bonds is 6. The Labute approximate surface area is 105 Å². The molecule has 7 heteroatoms. The Morgan fingerprint density at radius 3 is 2.56 bits per heavy atom. The third kappa shape index (κ3) is 3.99. The van der Waals surface area contributed by atoms with E-state index in [1.165, 1.54) is 0 Å². The number of aliphatic carboxylic acids is 1. The monoisotopic (exact) mass is 257 g/mol. The molecule has 2 amide bonds. The third-order valence-electron chi connectivity index (χ3n) is 3.27. The van der Waals surface area contributed by atoms with Crippen molar-refractivity contribution in [3.05, 3.63) is 0 Å². The SMILES string of the molecule is NC(=O)CC(N)C(=O)NCC1CCCC1C(=O)O. The van der Waals surface area contributed by atoms with Crippen LogP contribution in [0, 0.1) is 11.8 Å². The van der Waals surface area contributed by atoms with Crippen molar-refractivity contribution in [1.82, 2.24) is 5.32 Å². The second-order valence-electron chi connectivity index (χ2n) is 4.66. The van der Waals surface area contributed by atoms with Crippen LogP contribution in [0.5, 0.6) is 0 Å². The van der Waals surface area contributed by atoms with Crippen molar-refractivity contribution in [1.29, 1.82) is 0 Å². The van der Waals surface area contributed by atoms with Gasteiger partial charge in [-0.3, -0.25) is 14.4 Å². The van der Waals surface area contributed by atoms with Crippen LogP contribution >= 0.6 is 0 Å². The van der Waals surface area contributed by atoms with E-state index in [2.05, 4.69) is 5.32 Å². The molecule has 1 fully saturated rings. The van der Waals surface area contributed by atoms with E-state index in [0.29, 0.717) is 6.42 Å². The number of carbonyl (C=O) groups excluding carboxylic acids is 2. The summed E-state index contributed by atoms with van der Waals surface area (Å²) in [4.78, 5) is 33.1. The molecule has 1 rings (SSSR count). The van der Waals surface area contributed by atoms with Crippen LogP contribution in [0.1, 0.15) is 25.7 Å². The minimum absolute atomic E-state index is 0.0628. The molecular formula is C11H19N3O4. The minimum Gasteiger partial charge on any atom is -0.481 e. The molecule has 102 valence electrons. The van der Waals surface area contributed by atoms with Gasteiger partial charge < -0.3 is 21.9 Å². The van der Waals surface area contributed by atoms with Gasteiger partial charge in [-0.15, -0.1) is 0 Å². The van der Waals surface area contributed by atoms with Gasteiger partial charge in [0.25, 0.3) is 0 Å². The zero-order chi connectivity index (χ0) is 13.7. The number of carboxylic acids is 1. The van der Waals surface area contributed by atoms with E-state index in [0.717, 1.165) is 12.8 Å². The lowest BCUT2D eigenvalue weighted by Gasteiger charge is -2.17. The van der Waals surface area contributed by atoms with Gasteiger partial charge in [-0.1, -0.05) is 6.42 Å². The van der Waals surface area contributed by atoms with Gasteiger partial charge in [0.15, 0.2) is 0 Å². The first-order valence-corrected chi connectivity index (χ1v) is 5.96. The van der Waals surface area contributed by atoms with Crippen molar-refractivity contribution in [2.24, 2.45) is 23.3 Å². The molecule has 0 aromatic heterocycles. The summed E-state index contributed by atoms with van der Waals surface area (Å²) in [5.41, 5.74) is 10.4. The van der Waals surface area contributed by atoms with Gasteiger partial charge in [0.2, 0.25) is 11.8 Å². The Balaban J connectivity index is 2.38. The van der Waals surface area contributed by atoms with Crippen molar-refractivity contribution >= 4 is 17.8 Å². The molecule has 0 bridgehead atoms. The molecule has 0 heterocycles. The van der Waals surface area contributed by atoms with E-state index in [-0.39, 0.29) is 18.9 Å². The van der Waals surface area contributed by atoms with Gasteiger partial charge in [-0.25, -0.2) is 0 Å². The highest BCUT2D eigenvalue weighted by atomic mass is 16.4. The van der Waals surface area contributed by atoms with Crippen LogP contribution in [0.4, 0.5) is 0 Å². The fourth-order valence-corrected chi connectivity index (χ4v) is 2.28. The smallest absolute Gasteiger partial charge is 0.306 e. The largest absolute Gasteiger partial charge is 0.481 e. The van der Waals surface area contributed by atoms with Gasteiger partial charge >= 0.3 is 5.97 Å². The van der Waals surface area contributed by atoms with Crippen LogP contribution in [0.2, 0.25) is 0 Å². The van der Waals surface area contributed by atoms with Crippen molar-refractivity contribution < 1.29 is 19.5 Å². The van der Waals surface area contributed by atoms with E-state index in [1.54, 1.807) is 0 Å². The first kappa shape index (κ1) is 14.4. The molecule has 1 aliphatic carbocycles. The summed E-state index contributed by atoms with van der Waals surface area (Å²) < 4.78 is 0. The van der Waals surface area contributed by atoms with Gasteiger partial charge in [0.1, 0.15) is 0 Å². The van der Waals surface area contributed by atoms with Crippen LogP contribution in [-0.2, 0) is 14.4 Å². The second kappa shape index (κ2) is 6.34. The fraction of sp³-hybridized carbons (Fsp3) is 0.727. The van der Waals surface area contributed by atoms with Gasteiger partial charge in [-0.05, 0) is 18.8 Å². The fourth-order valence-electron chi connectivity index (χ4n) is 2.28. The number of nitrogens with one attached hydrogen (secondary N) is 1. The molecule has 0 radical (unpaired) electrons. The number of carboxylic acid groups (broad SMARTS) is 1. The predicted molar refractivity (Wildman–Crippen MR) is 63.3 cm³/mol. The highest BCUT2D eigenvalue weighted by molar-refractivity contribution is 5.87. The number of hydrogen-bond donors (Lipinski definition) is 4. The highest BCUT2D eigenvalue weighted by Gasteiger charge is 2.33. The first-order chi connectivity index (χ1) is 8.41. The average Bonchev–Trinajstić information content (AvgIpc) is 2.72. The lowest BCUT2D eigenvalue weighted by atomic mass is 9.96. The van der Waals surface area contributed by atoms with E-state index < -0.39 is 29.7 Å². The van der Waals surface area contributed by atoms with E-state index in [1.807, 2.05) is 0 Å². The minimum atomic E-state index is -0.966. The Bertz CT molecular complexity index is 345. The van der Waals surface area contributed by atoms with Crippen LogP contribution in [-0.4, -0.2) is 35.5 Å². The van der Waals surface area contributed by atoms with Crippen molar-refractivity contribution in [2.45, 2.75) is 31.7 Å². The lowest BCUT2D eigenvalue weighted by molar-refractivity contribution is -0.143.